The van der Waals surface area contributed by atoms with Crippen LogP contribution in [-0.2, 0) is 6.42 Å². The third kappa shape index (κ3) is 3.89. The van der Waals surface area contributed by atoms with Crippen molar-refractivity contribution in [3.05, 3.63) is 76.2 Å². The first kappa shape index (κ1) is 22.3. The van der Waals surface area contributed by atoms with Crippen LogP contribution in [0.3, 0.4) is 0 Å². The SMILES string of the molecule is CC[C@]1(CCc2n[nH]c(=O)c3ccccc23)C[C@H](NC(=O)c2nc(C(C)C)n3ccccc23)C1. The summed E-state index contributed by atoms with van der Waals surface area (Å²) in [7, 11) is 0. The van der Waals surface area contributed by atoms with E-state index in [1.165, 1.54) is 0 Å². The summed E-state index contributed by atoms with van der Waals surface area (Å²) in [4.78, 5) is 29.9. The number of carbonyl (C=O) groups excluding carboxylic acids is 1. The van der Waals surface area contributed by atoms with Crippen molar-refractivity contribution in [2.45, 2.75) is 64.8 Å². The maximum atomic E-state index is 13.1. The van der Waals surface area contributed by atoms with Crippen molar-refractivity contribution < 1.29 is 4.79 Å². The number of hydrogen-bond donors (Lipinski definition) is 2. The molecular weight excluding hydrogens is 426 g/mol. The summed E-state index contributed by atoms with van der Waals surface area (Å²) in [6, 6.07) is 13.6. The maximum Gasteiger partial charge on any atom is 0.272 e. The van der Waals surface area contributed by atoms with Gasteiger partial charge in [0.2, 0.25) is 0 Å². The van der Waals surface area contributed by atoms with E-state index in [9.17, 15) is 9.59 Å². The second-order valence-electron chi connectivity index (χ2n) is 9.91. The number of fused-ring (bicyclic) bond motifs is 2. The molecule has 3 aromatic heterocycles. The van der Waals surface area contributed by atoms with Crippen molar-refractivity contribution in [2.24, 2.45) is 5.41 Å². The Labute approximate surface area is 198 Å². The molecule has 2 N–H and O–H groups in total. The van der Waals surface area contributed by atoms with Gasteiger partial charge in [-0.3, -0.25) is 9.59 Å². The number of amides is 1. The Balaban J connectivity index is 1.27. The molecule has 1 amide bonds. The van der Waals surface area contributed by atoms with Crippen molar-refractivity contribution in [1.29, 1.82) is 0 Å². The summed E-state index contributed by atoms with van der Waals surface area (Å²) in [5, 5.41) is 11.8. The highest BCUT2D eigenvalue weighted by Gasteiger charge is 2.43. The lowest BCUT2D eigenvalue weighted by Gasteiger charge is -2.48. The van der Waals surface area contributed by atoms with Crippen LogP contribution in [-0.4, -0.2) is 31.5 Å². The normalized spacial score (nSPS) is 20.1. The van der Waals surface area contributed by atoms with Gasteiger partial charge < -0.3 is 9.72 Å². The van der Waals surface area contributed by atoms with Crippen LogP contribution in [0.25, 0.3) is 16.3 Å². The van der Waals surface area contributed by atoms with Gasteiger partial charge in [-0.25, -0.2) is 10.1 Å². The molecule has 7 nitrogen and oxygen atoms in total. The molecule has 0 aliphatic heterocycles. The molecule has 0 bridgehead atoms. The van der Waals surface area contributed by atoms with Crippen LogP contribution in [0.5, 0.6) is 0 Å². The van der Waals surface area contributed by atoms with Gasteiger partial charge in [-0.05, 0) is 49.3 Å². The Bertz CT molecular complexity index is 1410. The van der Waals surface area contributed by atoms with Gasteiger partial charge in [0.05, 0.1) is 16.6 Å². The van der Waals surface area contributed by atoms with Gasteiger partial charge in [0.25, 0.3) is 11.5 Å². The van der Waals surface area contributed by atoms with Gasteiger partial charge >= 0.3 is 0 Å². The number of aryl methyl sites for hydroxylation is 1. The highest BCUT2D eigenvalue weighted by atomic mass is 16.2. The molecule has 1 aliphatic carbocycles. The number of rotatable bonds is 7. The van der Waals surface area contributed by atoms with Crippen LogP contribution >= 0.6 is 0 Å². The van der Waals surface area contributed by atoms with Crippen LogP contribution in [0, 0.1) is 5.41 Å². The fourth-order valence-corrected chi connectivity index (χ4v) is 5.39. The molecule has 176 valence electrons. The molecule has 1 aromatic carbocycles. The summed E-state index contributed by atoms with van der Waals surface area (Å²) >= 11 is 0. The summed E-state index contributed by atoms with van der Waals surface area (Å²) in [6.07, 6.45) is 6.68. The molecule has 1 fully saturated rings. The molecule has 1 aliphatic rings. The molecule has 0 saturated heterocycles. The first-order chi connectivity index (χ1) is 16.4. The fraction of sp³-hybridized carbons (Fsp3) is 0.407. The summed E-state index contributed by atoms with van der Waals surface area (Å²) in [5.74, 6) is 1.03. The average Bonchev–Trinajstić information content (AvgIpc) is 3.22. The molecule has 7 heteroatoms. The van der Waals surface area contributed by atoms with Crippen LogP contribution < -0.4 is 10.9 Å². The van der Waals surface area contributed by atoms with Gasteiger partial charge in [0.15, 0.2) is 5.69 Å². The van der Waals surface area contributed by atoms with E-state index in [0.717, 1.165) is 54.5 Å². The van der Waals surface area contributed by atoms with Gasteiger partial charge in [-0.15, -0.1) is 0 Å². The third-order valence-corrected chi connectivity index (χ3v) is 7.42. The number of pyridine rings is 1. The molecule has 3 heterocycles. The Hall–Kier alpha value is -3.48. The Morgan fingerprint density at radius 2 is 1.91 bits per heavy atom. The van der Waals surface area contributed by atoms with Crippen molar-refractivity contribution in [3.63, 3.8) is 0 Å². The van der Waals surface area contributed by atoms with E-state index in [1.807, 2.05) is 53.1 Å². The van der Waals surface area contributed by atoms with E-state index in [0.29, 0.717) is 11.1 Å². The molecular formula is C27H31N5O2. The van der Waals surface area contributed by atoms with Crippen LogP contribution in [0.1, 0.15) is 74.4 Å². The first-order valence-corrected chi connectivity index (χ1v) is 12.1. The predicted octanol–water partition coefficient (Wildman–Crippen LogP) is 4.62. The molecule has 1 saturated carbocycles. The number of benzene rings is 1. The molecule has 5 rings (SSSR count). The Morgan fingerprint density at radius 3 is 2.65 bits per heavy atom. The monoisotopic (exact) mass is 457 g/mol. The van der Waals surface area contributed by atoms with E-state index in [4.69, 9.17) is 0 Å². The number of H-pyrrole nitrogens is 1. The third-order valence-electron chi connectivity index (χ3n) is 7.42. The summed E-state index contributed by atoms with van der Waals surface area (Å²) in [5.41, 5.74) is 2.31. The molecule has 0 spiro atoms. The zero-order chi connectivity index (χ0) is 23.9. The fourth-order valence-electron chi connectivity index (χ4n) is 5.39. The topological polar surface area (TPSA) is 92.1 Å². The summed E-state index contributed by atoms with van der Waals surface area (Å²) < 4.78 is 2.01. The van der Waals surface area contributed by atoms with Gasteiger partial charge in [0.1, 0.15) is 5.82 Å². The van der Waals surface area contributed by atoms with E-state index in [-0.39, 0.29) is 28.8 Å². The number of hydrogen-bond acceptors (Lipinski definition) is 4. The van der Waals surface area contributed by atoms with E-state index < -0.39 is 0 Å². The maximum absolute atomic E-state index is 13.1. The van der Waals surface area contributed by atoms with Gasteiger partial charge in [0, 0.05) is 23.5 Å². The molecule has 34 heavy (non-hydrogen) atoms. The zero-order valence-electron chi connectivity index (χ0n) is 20.0. The smallest absolute Gasteiger partial charge is 0.272 e. The first-order valence-electron chi connectivity index (χ1n) is 12.1. The molecule has 0 atom stereocenters. The Kier molecular flexibility index (Phi) is 5.71. The van der Waals surface area contributed by atoms with E-state index in [2.05, 4.69) is 41.3 Å². The zero-order valence-corrected chi connectivity index (χ0v) is 20.0. The molecule has 4 aromatic rings. The summed E-state index contributed by atoms with van der Waals surface area (Å²) in [6.45, 7) is 6.39. The lowest BCUT2D eigenvalue weighted by atomic mass is 9.61. The minimum atomic E-state index is -0.150. The largest absolute Gasteiger partial charge is 0.348 e. The van der Waals surface area contributed by atoms with Crippen molar-refractivity contribution in [3.8, 4) is 0 Å². The van der Waals surface area contributed by atoms with E-state index in [1.54, 1.807) is 0 Å². The number of imidazole rings is 1. The number of carbonyl (C=O) groups is 1. The van der Waals surface area contributed by atoms with Crippen molar-refractivity contribution in [2.75, 3.05) is 0 Å². The highest BCUT2D eigenvalue weighted by Crippen LogP contribution is 2.47. The standard InChI is InChI=1S/C27H31N5O2/c1-4-27(13-12-21-19-9-5-6-10-20(19)25(33)31-30-21)15-18(16-27)28-26(34)23-22-11-7-8-14-32(22)24(29-23)17(2)3/h5-11,14,17-18H,4,12-13,15-16H2,1-3H3,(H,28,34)(H,31,33)/t18-,27-. The number of nitrogens with one attached hydrogen (secondary N) is 2. The van der Waals surface area contributed by atoms with Crippen LogP contribution in [0.4, 0.5) is 0 Å². The van der Waals surface area contributed by atoms with Gasteiger partial charge in [-0.2, -0.15) is 5.10 Å². The minimum Gasteiger partial charge on any atom is -0.348 e. The lowest BCUT2D eigenvalue weighted by molar-refractivity contribution is 0.0569. The van der Waals surface area contributed by atoms with E-state index >= 15 is 0 Å². The highest BCUT2D eigenvalue weighted by molar-refractivity contribution is 5.99. The second kappa shape index (κ2) is 8.70. The molecule has 0 radical (unpaired) electrons. The number of nitrogens with zero attached hydrogens (tertiary/aromatic N) is 3. The molecule has 0 unspecified atom stereocenters. The van der Waals surface area contributed by atoms with Crippen molar-refractivity contribution >= 4 is 22.2 Å². The average molecular weight is 458 g/mol. The minimum absolute atomic E-state index is 0.0985. The van der Waals surface area contributed by atoms with Crippen LogP contribution in [0.2, 0.25) is 0 Å². The second-order valence-corrected chi connectivity index (χ2v) is 9.91. The predicted molar refractivity (Wildman–Crippen MR) is 133 cm³/mol. The lowest BCUT2D eigenvalue weighted by Crippen LogP contribution is -2.50. The van der Waals surface area contributed by atoms with Crippen molar-refractivity contribution in [1.82, 2.24) is 24.9 Å². The van der Waals surface area contributed by atoms with Gasteiger partial charge in [-0.1, -0.05) is 51.5 Å². The van der Waals surface area contributed by atoms with Crippen LogP contribution in [0.15, 0.2) is 53.5 Å². The Morgan fingerprint density at radius 1 is 1.18 bits per heavy atom. The number of aromatic amines is 1. The quantitative estimate of drug-likeness (QED) is 0.424. The number of aromatic nitrogens is 4.